The molecule has 0 radical (unpaired) electrons. The third-order valence-electron chi connectivity index (χ3n) is 4.77. The third kappa shape index (κ3) is 6.60. The maximum Gasteiger partial charge on any atom is 0.230 e. The summed E-state index contributed by atoms with van der Waals surface area (Å²) < 4.78 is 7.63. The zero-order valence-corrected chi connectivity index (χ0v) is 19.4. The number of hydrogen-bond acceptors (Lipinski definition) is 5. The molecule has 8 heteroatoms. The Balaban J connectivity index is 1.39. The van der Waals surface area contributed by atoms with E-state index in [9.17, 15) is 4.79 Å². The monoisotopic (exact) mass is 478 g/mol. The van der Waals surface area contributed by atoms with E-state index in [1.807, 2.05) is 77.4 Å². The summed E-state index contributed by atoms with van der Waals surface area (Å²) in [6, 6.07) is 27.1. The Bertz CT molecular complexity index is 1170. The number of carbonyl (C=O) groups excluding carboxylic acids is 1. The summed E-state index contributed by atoms with van der Waals surface area (Å²) in [4.78, 5) is 12.4. The molecule has 1 amide bonds. The molecule has 3 aromatic carbocycles. The molecule has 4 aromatic rings. The van der Waals surface area contributed by atoms with Gasteiger partial charge in [-0.15, -0.1) is 10.2 Å². The molecule has 6 nitrogen and oxygen atoms in total. The molecule has 0 aliphatic heterocycles. The zero-order valence-electron chi connectivity index (χ0n) is 17.9. The molecule has 4 rings (SSSR count). The molecule has 33 heavy (non-hydrogen) atoms. The van der Waals surface area contributed by atoms with Gasteiger partial charge in [0.15, 0.2) is 11.0 Å². The highest BCUT2D eigenvalue weighted by Crippen LogP contribution is 2.26. The lowest BCUT2D eigenvalue weighted by Crippen LogP contribution is -2.29. The van der Waals surface area contributed by atoms with E-state index >= 15 is 0 Å². The molecule has 0 aliphatic rings. The number of halogens is 1. The van der Waals surface area contributed by atoms with Crippen molar-refractivity contribution in [2.75, 3.05) is 18.9 Å². The minimum absolute atomic E-state index is 0.0843. The van der Waals surface area contributed by atoms with Crippen molar-refractivity contribution in [2.45, 2.75) is 11.7 Å². The van der Waals surface area contributed by atoms with Gasteiger partial charge in [0.25, 0.3) is 0 Å². The predicted octanol–water partition coefficient (Wildman–Crippen LogP) is 4.93. The van der Waals surface area contributed by atoms with Gasteiger partial charge in [-0.05, 0) is 42.0 Å². The second-order valence-electron chi connectivity index (χ2n) is 7.18. The maximum absolute atomic E-state index is 12.4. The number of aromatic nitrogens is 3. The number of benzene rings is 3. The molecule has 0 atom stereocenters. The van der Waals surface area contributed by atoms with E-state index in [1.165, 1.54) is 11.8 Å². The first-order chi connectivity index (χ1) is 16.2. The van der Waals surface area contributed by atoms with Crippen LogP contribution in [0.1, 0.15) is 5.56 Å². The van der Waals surface area contributed by atoms with Crippen molar-refractivity contribution in [3.8, 4) is 17.1 Å². The van der Waals surface area contributed by atoms with E-state index in [0.29, 0.717) is 29.9 Å². The summed E-state index contributed by atoms with van der Waals surface area (Å²) in [5, 5.41) is 13.0. The van der Waals surface area contributed by atoms with Gasteiger partial charge in [0.1, 0.15) is 12.4 Å². The van der Waals surface area contributed by atoms with Crippen molar-refractivity contribution < 1.29 is 9.53 Å². The van der Waals surface area contributed by atoms with Crippen molar-refractivity contribution >= 4 is 29.3 Å². The van der Waals surface area contributed by atoms with Crippen molar-refractivity contribution in [3.05, 3.63) is 95.5 Å². The average Bonchev–Trinajstić information content (AvgIpc) is 3.24. The first-order valence-electron chi connectivity index (χ1n) is 10.5. The van der Waals surface area contributed by atoms with Crippen molar-refractivity contribution in [1.82, 2.24) is 20.1 Å². The van der Waals surface area contributed by atoms with Gasteiger partial charge in [0.05, 0.1) is 18.8 Å². The molecule has 0 spiro atoms. The number of thioether (sulfide) groups is 1. The Morgan fingerprint density at radius 2 is 1.64 bits per heavy atom. The Morgan fingerprint density at radius 3 is 2.36 bits per heavy atom. The number of nitrogens with one attached hydrogen (secondary N) is 1. The van der Waals surface area contributed by atoms with E-state index in [1.54, 1.807) is 0 Å². The van der Waals surface area contributed by atoms with Crippen LogP contribution in [0.3, 0.4) is 0 Å². The van der Waals surface area contributed by atoms with E-state index in [-0.39, 0.29) is 11.7 Å². The summed E-state index contributed by atoms with van der Waals surface area (Å²) in [5.74, 6) is 1.66. The fourth-order valence-electron chi connectivity index (χ4n) is 3.17. The number of amides is 1. The van der Waals surface area contributed by atoms with Crippen LogP contribution in [0.2, 0.25) is 5.02 Å². The van der Waals surface area contributed by atoms with Crippen LogP contribution >= 0.6 is 23.4 Å². The fourth-order valence-corrected chi connectivity index (χ4v) is 4.07. The van der Waals surface area contributed by atoms with Crippen LogP contribution in [0.25, 0.3) is 11.4 Å². The van der Waals surface area contributed by atoms with Gasteiger partial charge in [-0.1, -0.05) is 71.9 Å². The Hall–Kier alpha value is -3.29. The molecule has 0 fully saturated rings. The van der Waals surface area contributed by atoms with E-state index in [2.05, 4.69) is 27.6 Å². The minimum Gasteiger partial charge on any atom is -0.492 e. The molecule has 0 saturated carbocycles. The smallest absolute Gasteiger partial charge is 0.230 e. The highest BCUT2D eigenvalue weighted by atomic mass is 35.5. The molecular weight excluding hydrogens is 456 g/mol. The lowest BCUT2D eigenvalue weighted by molar-refractivity contribution is -0.118. The van der Waals surface area contributed by atoms with Crippen LogP contribution in [0.5, 0.6) is 5.75 Å². The lowest BCUT2D eigenvalue weighted by Gasteiger charge is -2.11. The van der Waals surface area contributed by atoms with Crippen LogP contribution in [-0.4, -0.2) is 39.6 Å². The number of para-hydroxylation sites is 1. The number of nitrogens with zero attached hydrogens (tertiary/aromatic N) is 3. The van der Waals surface area contributed by atoms with Gasteiger partial charge in [-0.25, -0.2) is 0 Å². The summed E-state index contributed by atoms with van der Waals surface area (Å²) in [6.45, 7) is 1.44. The second-order valence-corrected chi connectivity index (χ2v) is 8.56. The lowest BCUT2D eigenvalue weighted by atomic mass is 10.2. The standard InChI is InChI=1S/C25H23ClN4O2S/c26-21-13-11-20(12-14-21)24-28-29-25(30(24)17-19-7-3-1-4-8-19)33-18-23(31)27-15-16-32-22-9-5-2-6-10-22/h1-14H,15-18H2,(H,27,31). The normalized spacial score (nSPS) is 10.7. The molecule has 1 aromatic heterocycles. The number of carbonyl (C=O) groups is 1. The minimum atomic E-state index is -0.0843. The topological polar surface area (TPSA) is 69.0 Å². The van der Waals surface area contributed by atoms with Crippen LogP contribution < -0.4 is 10.1 Å². The largest absolute Gasteiger partial charge is 0.492 e. The quantitative estimate of drug-likeness (QED) is 0.258. The summed E-state index contributed by atoms with van der Waals surface area (Å²) in [5.41, 5.74) is 2.04. The summed E-state index contributed by atoms with van der Waals surface area (Å²) in [6.07, 6.45) is 0. The van der Waals surface area contributed by atoms with Crippen LogP contribution in [-0.2, 0) is 11.3 Å². The highest BCUT2D eigenvalue weighted by molar-refractivity contribution is 7.99. The van der Waals surface area contributed by atoms with Gasteiger partial charge in [-0.2, -0.15) is 0 Å². The number of rotatable bonds is 10. The summed E-state index contributed by atoms with van der Waals surface area (Å²) in [7, 11) is 0. The van der Waals surface area contributed by atoms with Crippen molar-refractivity contribution in [2.24, 2.45) is 0 Å². The van der Waals surface area contributed by atoms with Crippen LogP contribution in [0, 0.1) is 0 Å². The molecule has 0 bridgehead atoms. The number of ether oxygens (including phenoxy) is 1. The Labute approximate surface area is 202 Å². The van der Waals surface area contributed by atoms with E-state index in [0.717, 1.165) is 22.7 Å². The van der Waals surface area contributed by atoms with Crippen LogP contribution in [0.15, 0.2) is 90.1 Å². The van der Waals surface area contributed by atoms with Gasteiger partial charge in [0, 0.05) is 10.6 Å². The average molecular weight is 479 g/mol. The van der Waals surface area contributed by atoms with Gasteiger partial charge in [0.2, 0.25) is 5.91 Å². The van der Waals surface area contributed by atoms with E-state index in [4.69, 9.17) is 16.3 Å². The molecule has 1 N–H and O–H groups in total. The van der Waals surface area contributed by atoms with Gasteiger partial charge >= 0.3 is 0 Å². The van der Waals surface area contributed by atoms with Gasteiger partial charge in [-0.3, -0.25) is 9.36 Å². The molecule has 1 heterocycles. The maximum atomic E-state index is 12.4. The molecule has 0 saturated heterocycles. The first-order valence-corrected chi connectivity index (χ1v) is 11.9. The fraction of sp³-hybridized carbons (Fsp3) is 0.160. The summed E-state index contributed by atoms with van der Waals surface area (Å²) >= 11 is 7.40. The number of hydrogen-bond donors (Lipinski definition) is 1. The Morgan fingerprint density at radius 1 is 0.939 bits per heavy atom. The molecule has 168 valence electrons. The predicted molar refractivity (Wildman–Crippen MR) is 132 cm³/mol. The highest BCUT2D eigenvalue weighted by Gasteiger charge is 2.16. The van der Waals surface area contributed by atoms with E-state index < -0.39 is 0 Å². The zero-order chi connectivity index (χ0) is 22.9. The second kappa shape index (κ2) is 11.5. The molecule has 0 aliphatic carbocycles. The van der Waals surface area contributed by atoms with Crippen molar-refractivity contribution in [3.63, 3.8) is 0 Å². The molecule has 0 unspecified atom stereocenters. The SMILES string of the molecule is O=C(CSc1nnc(-c2ccc(Cl)cc2)n1Cc1ccccc1)NCCOc1ccccc1. The first kappa shape index (κ1) is 22.9. The van der Waals surface area contributed by atoms with Crippen molar-refractivity contribution in [1.29, 1.82) is 0 Å². The Kier molecular flexibility index (Phi) is 8.00. The molecular formula is C25H23ClN4O2S. The van der Waals surface area contributed by atoms with Gasteiger partial charge < -0.3 is 10.1 Å². The third-order valence-corrected chi connectivity index (χ3v) is 5.99. The van der Waals surface area contributed by atoms with Crippen LogP contribution in [0.4, 0.5) is 0 Å².